The van der Waals surface area contributed by atoms with E-state index in [0.717, 1.165) is 47.0 Å². The molecule has 8 nitrogen and oxygen atoms in total. The highest BCUT2D eigenvalue weighted by atomic mass is 15.2. The molecule has 1 saturated heterocycles. The van der Waals surface area contributed by atoms with Crippen molar-refractivity contribution in [2.24, 2.45) is 5.41 Å². The first-order chi connectivity index (χ1) is 19.8. The summed E-state index contributed by atoms with van der Waals surface area (Å²) in [5, 5.41) is 9.63. The van der Waals surface area contributed by atoms with Crippen molar-refractivity contribution in [2.75, 3.05) is 30.4 Å². The van der Waals surface area contributed by atoms with Gasteiger partial charge < -0.3 is 15.5 Å². The molecule has 0 spiro atoms. The van der Waals surface area contributed by atoms with Crippen molar-refractivity contribution in [1.82, 2.24) is 30.2 Å². The Morgan fingerprint density at radius 2 is 1.93 bits per heavy atom. The summed E-state index contributed by atoms with van der Waals surface area (Å²) in [5.41, 5.74) is 3.14. The monoisotopic (exact) mass is 546 g/mol. The molecule has 4 aromatic rings. The van der Waals surface area contributed by atoms with Crippen LogP contribution in [-0.2, 0) is 0 Å². The van der Waals surface area contributed by atoms with Crippen LogP contribution >= 0.6 is 0 Å². The van der Waals surface area contributed by atoms with Gasteiger partial charge in [-0.3, -0.25) is 4.98 Å². The molecule has 6 rings (SSSR count). The first-order valence-electron chi connectivity index (χ1n) is 14.5. The molecule has 41 heavy (non-hydrogen) atoms. The smallest absolute Gasteiger partial charge is 0.162 e. The van der Waals surface area contributed by atoms with Gasteiger partial charge in [0.1, 0.15) is 17.5 Å². The van der Waals surface area contributed by atoms with Crippen LogP contribution in [0, 0.1) is 5.41 Å². The number of nitrogens with zero attached hydrogens (tertiary/aromatic N) is 6. The molecule has 1 aliphatic carbocycles. The molecule has 1 unspecified atom stereocenters. The zero-order valence-corrected chi connectivity index (χ0v) is 24.2. The van der Waals surface area contributed by atoms with E-state index >= 15 is 0 Å². The second kappa shape index (κ2) is 11.0. The topological polar surface area (TPSA) is 91.8 Å². The highest BCUT2D eigenvalue weighted by molar-refractivity contribution is 5.94. The molecule has 2 N–H and O–H groups in total. The van der Waals surface area contributed by atoms with Crippen LogP contribution < -0.4 is 26.1 Å². The van der Waals surface area contributed by atoms with Crippen LogP contribution in [0.2, 0.25) is 0 Å². The number of hydrogen-bond donors (Lipinski definition) is 2. The molecule has 0 amide bonds. The van der Waals surface area contributed by atoms with Crippen molar-refractivity contribution in [3.05, 3.63) is 71.6 Å². The fourth-order valence-corrected chi connectivity index (χ4v) is 6.16. The maximum Gasteiger partial charge on any atom is 0.162 e. The van der Waals surface area contributed by atoms with Crippen LogP contribution in [-0.4, -0.2) is 51.1 Å². The van der Waals surface area contributed by atoms with Crippen molar-refractivity contribution in [3.63, 3.8) is 0 Å². The van der Waals surface area contributed by atoms with Crippen LogP contribution in [0.4, 0.5) is 17.5 Å². The largest absolute Gasteiger partial charge is 0.355 e. The van der Waals surface area contributed by atoms with Crippen LogP contribution in [0.1, 0.15) is 51.0 Å². The molecule has 1 aliphatic heterocycles. The molecular weight excluding hydrogens is 508 g/mol. The van der Waals surface area contributed by atoms with Crippen LogP contribution in [0.3, 0.4) is 0 Å². The molecule has 1 saturated carbocycles. The third kappa shape index (κ3) is 5.32. The van der Waals surface area contributed by atoms with E-state index in [9.17, 15) is 0 Å². The second-order valence-electron chi connectivity index (χ2n) is 11.9. The number of pyridine rings is 3. The van der Waals surface area contributed by atoms with Gasteiger partial charge in [0.25, 0.3) is 0 Å². The summed E-state index contributed by atoms with van der Waals surface area (Å²) in [7, 11) is 2.20. The lowest BCUT2D eigenvalue weighted by molar-refractivity contribution is 0.215. The minimum absolute atomic E-state index is 0.0980. The van der Waals surface area contributed by atoms with Gasteiger partial charge in [0.05, 0.1) is 17.1 Å². The molecule has 0 aromatic carbocycles. The van der Waals surface area contributed by atoms with E-state index < -0.39 is 0 Å². The van der Waals surface area contributed by atoms with E-state index in [2.05, 4.69) is 64.5 Å². The van der Waals surface area contributed by atoms with E-state index in [-0.39, 0.29) is 5.41 Å². The molecule has 210 valence electrons. The van der Waals surface area contributed by atoms with Gasteiger partial charge in [-0.1, -0.05) is 45.6 Å². The number of aromatic nitrogens is 5. The standard InChI is InChI=1S/C33H38N8/c1-6-8-22-11-12-28(37-21(22)2)39-29-17-24(13-16-36-29)31-38-26-19-35-18-25(23-9-7-10-23)30(26)32(40-31)41(5)27-14-15-34-20-33(27,3)4/h6,8,11-13,16-19,23,27,34H,1-2,7,9-10,14-15,20H2,3-5H3,(H,36,37,39)/b22-8-. The van der Waals surface area contributed by atoms with Crippen LogP contribution in [0.25, 0.3) is 34.9 Å². The summed E-state index contributed by atoms with van der Waals surface area (Å²) in [6.45, 7) is 14.5. The third-order valence-electron chi connectivity index (χ3n) is 8.62. The molecule has 0 bridgehead atoms. The summed E-state index contributed by atoms with van der Waals surface area (Å²) < 4.78 is 0. The van der Waals surface area contributed by atoms with Gasteiger partial charge in [0.2, 0.25) is 0 Å². The average molecular weight is 547 g/mol. The maximum absolute atomic E-state index is 5.28. The van der Waals surface area contributed by atoms with E-state index in [0.29, 0.717) is 34.8 Å². The number of anilines is 3. The minimum atomic E-state index is 0.0980. The summed E-state index contributed by atoms with van der Waals surface area (Å²) >= 11 is 0. The van der Waals surface area contributed by atoms with E-state index in [1.807, 2.05) is 42.7 Å². The first kappa shape index (κ1) is 27.0. The zero-order chi connectivity index (χ0) is 28.6. The molecule has 2 fully saturated rings. The van der Waals surface area contributed by atoms with Gasteiger partial charge in [0.15, 0.2) is 5.82 Å². The van der Waals surface area contributed by atoms with Crippen molar-refractivity contribution < 1.29 is 0 Å². The minimum Gasteiger partial charge on any atom is -0.355 e. The molecule has 1 atom stereocenters. The van der Waals surface area contributed by atoms with Gasteiger partial charge in [0, 0.05) is 43.0 Å². The lowest BCUT2D eigenvalue weighted by atomic mass is 9.78. The summed E-state index contributed by atoms with van der Waals surface area (Å²) in [4.78, 5) is 26.5. The quantitative estimate of drug-likeness (QED) is 0.345. The predicted molar refractivity (Wildman–Crippen MR) is 168 cm³/mol. The highest BCUT2D eigenvalue weighted by Gasteiger charge is 2.37. The average Bonchev–Trinajstić information content (AvgIpc) is 2.93. The van der Waals surface area contributed by atoms with Gasteiger partial charge in [-0.05, 0) is 72.2 Å². The second-order valence-corrected chi connectivity index (χ2v) is 11.9. The number of allylic oxidation sites excluding steroid dienone is 1. The Morgan fingerprint density at radius 1 is 1.07 bits per heavy atom. The molecule has 4 aromatic heterocycles. The number of piperidine rings is 1. The molecular formula is C33H38N8. The summed E-state index contributed by atoms with van der Waals surface area (Å²) in [6.07, 6.45) is 14.0. The van der Waals surface area contributed by atoms with Crippen molar-refractivity contribution in [2.45, 2.75) is 51.5 Å². The summed E-state index contributed by atoms with van der Waals surface area (Å²) in [5.74, 6) is 3.49. The van der Waals surface area contributed by atoms with Crippen molar-refractivity contribution in [1.29, 1.82) is 0 Å². The maximum atomic E-state index is 5.28. The molecule has 5 heterocycles. The lowest BCUT2D eigenvalue weighted by Gasteiger charge is -2.45. The van der Waals surface area contributed by atoms with E-state index in [4.69, 9.17) is 9.97 Å². The number of hydrogen-bond acceptors (Lipinski definition) is 8. The first-order valence-corrected chi connectivity index (χ1v) is 14.5. The van der Waals surface area contributed by atoms with E-state index in [1.54, 1.807) is 12.3 Å². The van der Waals surface area contributed by atoms with Gasteiger partial charge in [-0.2, -0.15) is 0 Å². The third-order valence-corrected chi connectivity index (χ3v) is 8.62. The van der Waals surface area contributed by atoms with Crippen LogP contribution in [0.5, 0.6) is 0 Å². The summed E-state index contributed by atoms with van der Waals surface area (Å²) in [6, 6.07) is 8.14. The zero-order valence-electron chi connectivity index (χ0n) is 24.2. The Labute approximate surface area is 241 Å². The number of nitrogens with one attached hydrogen (secondary N) is 2. The van der Waals surface area contributed by atoms with Crippen molar-refractivity contribution >= 4 is 41.0 Å². The van der Waals surface area contributed by atoms with Gasteiger partial charge in [-0.15, -0.1) is 0 Å². The Kier molecular flexibility index (Phi) is 7.26. The Morgan fingerprint density at radius 3 is 2.66 bits per heavy atom. The number of fused-ring (bicyclic) bond motifs is 1. The Bertz CT molecular complexity index is 1710. The van der Waals surface area contributed by atoms with Crippen LogP contribution in [0.15, 0.2) is 55.5 Å². The highest BCUT2D eigenvalue weighted by Crippen LogP contribution is 2.43. The lowest BCUT2D eigenvalue weighted by Crippen LogP contribution is -2.53. The Hall–Kier alpha value is -4.17. The van der Waals surface area contributed by atoms with Crippen molar-refractivity contribution in [3.8, 4) is 11.4 Å². The molecule has 0 radical (unpaired) electrons. The predicted octanol–water partition coefficient (Wildman–Crippen LogP) is 4.69. The fraction of sp³-hybridized carbons (Fsp3) is 0.364. The fourth-order valence-electron chi connectivity index (χ4n) is 6.16. The normalized spacial score (nSPS) is 19.1. The van der Waals surface area contributed by atoms with Gasteiger partial charge in [-0.25, -0.2) is 19.9 Å². The SMILES string of the molecule is C=C/C=c1/ccc(Nc2cc(-c3nc(N(C)C4CCNCC4(C)C)c4c(C5CCC5)cncc4n3)ccn2)nc1=C. The Balaban J connectivity index is 1.43. The molecule has 8 heteroatoms. The van der Waals surface area contributed by atoms with E-state index in [1.165, 1.54) is 24.8 Å². The van der Waals surface area contributed by atoms with Gasteiger partial charge >= 0.3 is 0 Å². The number of rotatable bonds is 7. The molecule has 2 aliphatic rings.